The molecule has 0 aromatic heterocycles. The molecule has 148 valence electrons. The van der Waals surface area contributed by atoms with E-state index in [1.165, 1.54) is 0 Å². The zero-order chi connectivity index (χ0) is 20.2. The molecule has 0 fully saturated rings. The van der Waals surface area contributed by atoms with E-state index >= 15 is 0 Å². The summed E-state index contributed by atoms with van der Waals surface area (Å²) in [7, 11) is -2.00. The normalized spacial score (nSPS) is 11.7. The number of sulfone groups is 1. The molecule has 0 unspecified atom stereocenters. The van der Waals surface area contributed by atoms with Gasteiger partial charge in [-0.1, -0.05) is 27.2 Å². The van der Waals surface area contributed by atoms with Crippen molar-refractivity contribution in [1.29, 1.82) is 0 Å². The lowest BCUT2D eigenvalue weighted by molar-refractivity contribution is 0.407. The fourth-order valence-corrected chi connectivity index (χ4v) is 5.06. The Bertz CT molecular complexity index is 879. The quantitative estimate of drug-likeness (QED) is 0.607. The van der Waals surface area contributed by atoms with Crippen molar-refractivity contribution in [2.45, 2.75) is 63.2 Å². The van der Waals surface area contributed by atoms with Gasteiger partial charge in [0.05, 0.1) is 16.9 Å². The fraction of sp³-hybridized carbons (Fsp3) is 0.455. The molecule has 0 aliphatic carbocycles. The number of anilines is 1. The Kier molecular flexibility index (Phi) is 6.93. The molecule has 27 heavy (non-hydrogen) atoms. The highest BCUT2D eigenvalue weighted by atomic mass is 32.2. The van der Waals surface area contributed by atoms with Crippen LogP contribution in [0.2, 0.25) is 0 Å². The van der Waals surface area contributed by atoms with Crippen molar-refractivity contribution in [2.24, 2.45) is 0 Å². The van der Waals surface area contributed by atoms with Crippen LogP contribution >= 0.6 is 0 Å². The van der Waals surface area contributed by atoms with E-state index in [0.717, 1.165) is 41.8 Å². The van der Waals surface area contributed by atoms with Crippen LogP contribution in [0.25, 0.3) is 0 Å². The summed E-state index contributed by atoms with van der Waals surface area (Å²) in [5.74, 6) is 0.885. The predicted octanol–water partition coefficient (Wildman–Crippen LogP) is 5.48. The number of hydrogen-bond acceptors (Lipinski definition) is 4. The molecule has 0 saturated heterocycles. The van der Waals surface area contributed by atoms with E-state index in [9.17, 15) is 8.42 Å². The monoisotopic (exact) mass is 389 g/mol. The second-order valence-corrected chi connectivity index (χ2v) is 9.17. The maximum absolute atomic E-state index is 13.4. The zero-order valence-electron chi connectivity index (χ0n) is 17.2. The van der Waals surface area contributed by atoms with Gasteiger partial charge in [-0.25, -0.2) is 8.42 Å². The first-order valence-electron chi connectivity index (χ1n) is 9.50. The molecule has 0 aliphatic rings. The van der Waals surface area contributed by atoms with Gasteiger partial charge in [0.1, 0.15) is 5.75 Å². The molecule has 2 aromatic carbocycles. The highest BCUT2D eigenvalue weighted by molar-refractivity contribution is 7.91. The molecular formula is C22H31NO3S. The molecule has 0 amide bonds. The minimum absolute atomic E-state index is 0.169. The number of methoxy groups -OCH3 is 1. The Balaban J connectivity index is 2.49. The molecule has 5 heteroatoms. The van der Waals surface area contributed by atoms with Crippen LogP contribution in [-0.2, 0) is 9.84 Å². The van der Waals surface area contributed by atoms with Gasteiger partial charge in [-0.3, -0.25) is 0 Å². The van der Waals surface area contributed by atoms with Crippen LogP contribution in [-0.4, -0.2) is 22.1 Å². The maximum Gasteiger partial charge on any atom is 0.207 e. The topological polar surface area (TPSA) is 55.4 Å². The number of rotatable bonds is 8. The number of hydrogen-bond donors (Lipinski definition) is 1. The Morgan fingerprint density at radius 3 is 2.22 bits per heavy atom. The molecule has 0 heterocycles. The molecule has 2 aromatic rings. The van der Waals surface area contributed by atoms with Crippen LogP contribution in [0.4, 0.5) is 5.69 Å². The van der Waals surface area contributed by atoms with Crippen molar-refractivity contribution in [3.63, 3.8) is 0 Å². The Morgan fingerprint density at radius 1 is 1.07 bits per heavy atom. The van der Waals surface area contributed by atoms with Gasteiger partial charge in [0.2, 0.25) is 9.84 Å². The largest absolute Gasteiger partial charge is 0.496 e. The molecule has 1 N–H and O–H groups in total. The Labute approximate surface area is 163 Å². The second-order valence-electron chi connectivity index (χ2n) is 7.28. The van der Waals surface area contributed by atoms with E-state index in [1.54, 1.807) is 25.3 Å². The molecule has 0 spiro atoms. The van der Waals surface area contributed by atoms with E-state index in [1.807, 2.05) is 39.8 Å². The van der Waals surface area contributed by atoms with Crippen LogP contribution in [0, 0.1) is 13.8 Å². The summed E-state index contributed by atoms with van der Waals surface area (Å²) in [5.41, 5.74) is 3.38. The lowest BCUT2D eigenvalue weighted by Gasteiger charge is -2.17. The summed E-state index contributed by atoms with van der Waals surface area (Å²) >= 11 is 0. The summed E-state index contributed by atoms with van der Waals surface area (Å²) < 4.78 is 32.1. The van der Waals surface area contributed by atoms with E-state index in [4.69, 9.17) is 4.74 Å². The van der Waals surface area contributed by atoms with Gasteiger partial charge < -0.3 is 10.1 Å². The summed E-state index contributed by atoms with van der Waals surface area (Å²) in [6.07, 6.45) is 2.20. The third-order valence-corrected chi connectivity index (χ3v) is 6.78. The molecule has 0 aliphatic heterocycles. The summed E-state index contributed by atoms with van der Waals surface area (Å²) in [6.45, 7) is 10.8. The highest BCUT2D eigenvalue weighted by Gasteiger charge is 2.24. The van der Waals surface area contributed by atoms with Gasteiger partial charge in [0, 0.05) is 12.2 Å². The minimum Gasteiger partial charge on any atom is -0.496 e. The first kappa shape index (κ1) is 21.3. The molecular weight excluding hydrogens is 358 g/mol. The van der Waals surface area contributed by atoms with Crippen molar-refractivity contribution in [3.05, 3.63) is 47.0 Å². The van der Waals surface area contributed by atoms with Crippen LogP contribution in [0.1, 0.15) is 56.2 Å². The number of nitrogens with one attached hydrogen (secondary N) is 1. The third kappa shape index (κ3) is 4.64. The predicted molar refractivity (Wildman–Crippen MR) is 112 cm³/mol. The van der Waals surface area contributed by atoms with Crippen LogP contribution in [0.3, 0.4) is 0 Å². The highest BCUT2D eigenvalue weighted by Crippen LogP contribution is 2.34. The van der Waals surface area contributed by atoms with Gasteiger partial charge in [0.15, 0.2) is 0 Å². The molecule has 0 radical (unpaired) electrons. The zero-order valence-corrected chi connectivity index (χ0v) is 18.0. The van der Waals surface area contributed by atoms with E-state index in [-0.39, 0.29) is 5.92 Å². The van der Waals surface area contributed by atoms with E-state index in [0.29, 0.717) is 15.5 Å². The molecule has 2 rings (SSSR count). The van der Waals surface area contributed by atoms with Crippen LogP contribution in [0.15, 0.2) is 40.1 Å². The standard InChI is InChI=1S/C22H31NO3S/c1-7-8-11-23-18-12-16(4)22(17(5)13-18)27(24,25)19-9-10-21(26-6)20(14-19)15(2)3/h9-10,12-15,23H,7-8,11H2,1-6H3. The maximum atomic E-state index is 13.4. The van der Waals surface area contributed by atoms with Gasteiger partial charge in [0.25, 0.3) is 0 Å². The molecule has 0 atom stereocenters. The smallest absolute Gasteiger partial charge is 0.207 e. The number of aryl methyl sites for hydroxylation is 2. The SMILES string of the molecule is CCCCNc1cc(C)c(S(=O)(=O)c2ccc(OC)c(C(C)C)c2)c(C)c1. The van der Waals surface area contributed by atoms with Crippen molar-refractivity contribution >= 4 is 15.5 Å². The van der Waals surface area contributed by atoms with Crippen molar-refractivity contribution in [3.8, 4) is 5.75 Å². The second kappa shape index (κ2) is 8.79. The van der Waals surface area contributed by atoms with Crippen LogP contribution < -0.4 is 10.1 Å². The third-order valence-electron chi connectivity index (χ3n) is 4.72. The Morgan fingerprint density at radius 2 is 1.70 bits per heavy atom. The summed E-state index contributed by atoms with van der Waals surface area (Å²) in [4.78, 5) is 0.702. The van der Waals surface area contributed by atoms with E-state index < -0.39 is 9.84 Å². The molecule has 0 bridgehead atoms. The van der Waals surface area contributed by atoms with E-state index in [2.05, 4.69) is 12.2 Å². The van der Waals surface area contributed by atoms with Gasteiger partial charge in [-0.05, 0) is 73.2 Å². The summed E-state index contributed by atoms with van der Waals surface area (Å²) in [6, 6.07) is 8.95. The van der Waals surface area contributed by atoms with Gasteiger partial charge >= 0.3 is 0 Å². The average molecular weight is 390 g/mol. The van der Waals surface area contributed by atoms with Crippen molar-refractivity contribution in [2.75, 3.05) is 19.0 Å². The number of benzene rings is 2. The first-order chi connectivity index (χ1) is 12.7. The lowest BCUT2D eigenvalue weighted by Crippen LogP contribution is -2.09. The number of unbranched alkanes of at least 4 members (excludes halogenated alkanes) is 1. The van der Waals surface area contributed by atoms with Crippen molar-refractivity contribution in [1.82, 2.24) is 0 Å². The molecule has 0 saturated carbocycles. The lowest BCUT2D eigenvalue weighted by atomic mass is 10.0. The van der Waals surface area contributed by atoms with Gasteiger partial charge in [-0.15, -0.1) is 0 Å². The number of ether oxygens (including phenoxy) is 1. The summed E-state index contributed by atoms with van der Waals surface area (Å²) in [5, 5.41) is 3.37. The van der Waals surface area contributed by atoms with Gasteiger partial charge in [-0.2, -0.15) is 0 Å². The average Bonchev–Trinajstić information content (AvgIpc) is 2.60. The first-order valence-corrected chi connectivity index (χ1v) is 11.0. The minimum atomic E-state index is -3.61. The molecule has 4 nitrogen and oxygen atoms in total. The Hall–Kier alpha value is -2.01. The van der Waals surface area contributed by atoms with Crippen LogP contribution in [0.5, 0.6) is 5.75 Å². The van der Waals surface area contributed by atoms with Crippen molar-refractivity contribution < 1.29 is 13.2 Å². The fourth-order valence-electron chi connectivity index (χ4n) is 3.33.